The predicted molar refractivity (Wildman–Crippen MR) is 131 cm³/mol. The van der Waals surface area contributed by atoms with E-state index in [1.165, 1.54) is 12.0 Å². The van der Waals surface area contributed by atoms with Gasteiger partial charge in [0.15, 0.2) is 5.96 Å². The summed E-state index contributed by atoms with van der Waals surface area (Å²) in [5, 5.41) is 6.80. The summed E-state index contributed by atoms with van der Waals surface area (Å²) in [5.41, 5.74) is 0.975. The maximum atomic E-state index is 11.8. The van der Waals surface area contributed by atoms with E-state index in [4.69, 9.17) is 4.99 Å². The van der Waals surface area contributed by atoms with Crippen molar-refractivity contribution in [1.29, 1.82) is 0 Å². The molecule has 0 spiro atoms. The van der Waals surface area contributed by atoms with E-state index in [9.17, 15) is 8.42 Å². The summed E-state index contributed by atoms with van der Waals surface area (Å²) in [5.74, 6) is 0.903. The van der Waals surface area contributed by atoms with Crippen LogP contribution < -0.4 is 14.9 Å². The van der Waals surface area contributed by atoms with E-state index in [2.05, 4.69) is 44.3 Å². The molecule has 1 saturated heterocycles. The van der Waals surface area contributed by atoms with Crippen molar-refractivity contribution in [2.75, 3.05) is 44.7 Å². The zero-order chi connectivity index (χ0) is 20.0. The number of nitrogens with zero attached hydrogens (tertiary/aromatic N) is 3. The first kappa shape index (κ1) is 23.9. The van der Waals surface area contributed by atoms with Gasteiger partial charge in [0.25, 0.3) is 0 Å². The number of hydrogen-bond acceptors (Lipinski definition) is 5. The standard InChI is InChI=1S/C19H27N5O2S2.HI/c1-3-21-19(24-12-10-23(11-13-24)18-5-4-14-27-18)22-15-16-6-8-17(9-7-16)28(25,26)20-2;/h4-9,14,20H,3,10-13,15H2,1-2H3,(H,21,22);1H. The van der Waals surface area contributed by atoms with Gasteiger partial charge in [-0.2, -0.15) is 0 Å². The van der Waals surface area contributed by atoms with Crippen molar-refractivity contribution in [3.8, 4) is 0 Å². The third kappa shape index (κ3) is 6.30. The van der Waals surface area contributed by atoms with Crippen LogP contribution in [0.5, 0.6) is 0 Å². The lowest BCUT2D eigenvalue weighted by atomic mass is 10.2. The highest BCUT2D eigenvalue weighted by atomic mass is 127. The first-order chi connectivity index (χ1) is 13.5. The molecular formula is C19H28IN5O2S2. The third-order valence-electron chi connectivity index (χ3n) is 4.65. The summed E-state index contributed by atoms with van der Waals surface area (Å²) in [7, 11) is -1.99. The molecule has 1 fully saturated rings. The lowest BCUT2D eigenvalue weighted by molar-refractivity contribution is 0.373. The van der Waals surface area contributed by atoms with Gasteiger partial charge in [-0.25, -0.2) is 18.1 Å². The van der Waals surface area contributed by atoms with Gasteiger partial charge in [0, 0.05) is 32.7 Å². The van der Waals surface area contributed by atoms with Gasteiger partial charge >= 0.3 is 0 Å². The molecule has 3 rings (SSSR count). The Bertz CT molecular complexity index is 878. The molecule has 10 heteroatoms. The van der Waals surface area contributed by atoms with Crippen molar-refractivity contribution in [3.63, 3.8) is 0 Å². The maximum absolute atomic E-state index is 11.8. The first-order valence-corrected chi connectivity index (χ1v) is 11.7. The number of aliphatic imine (C=N–C) groups is 1. The number of rotatable bonds is 6. The normalized spacial score (nSPS) is 15.2. The summed E-state index contributed by atoms with van der Waals surface area (Å²) >= 11 is 1.78. The molecule has 1 aliphatic heterocycles. The number of benzene rings is 1. The van der Waals surface area contributed by atoms with E-state index in [1.807, 2.05) is 12.1 Å². The number of sulfonamides is 1. The van der Waals surface area contributed by atoms with Crippen LogP contribution in [0, 0.1) is 0 Å². The lowest BCUT2D eigenvalue weighted by Crippen LogP contribution is -2.52. The Kier molecular flexibility index (Phi) is 9.18. The van der Waals surface area contributed by atoms with E-state index >= 15 is 0 Å². The number of thiophene rings is 1. The summed E-state index contributed by atoms with van der Waals surface area (Å²) < 4.78 is 26.0. The molecule has 1 aliphatic rings. The Morgan fingerprint density at radius 2 is 1.83 bits per heavy atom. The number of piperazine rings is 1. The molecule has 0 amide bonds. The minimum absolute atomic E-state index is 0. The Balaban J connectivity index is 0.00000300. The SMILES string of the molecule is CCNC(=NCc1ccc(S(=O)(=O)NC)cc1)N1CCN(c2cccs2)CC1.I. The van der Waals surface area contributed by atoms with Crippen LogP contribution in [0.1, 0.15) is 12.5 Å². The molecule has 0 unspecified atom stereocenters. The van der Waals surface area contributed by atoms with Crippen molar-refractivity contribution in [1.82, 2.24) is 14.9 Å². The fraction of sp³-hybridized carbons (Fsp3) is 0.421. The summed E-state index contributed by atoms with van der Waals surface area (Å²) in [6.45, 7) is 7.17. The Hall–Kier alpha value is -1.37. The second-order valence-corrected chi connectivity index (χ2v) is 9.26. The number of anilines is 1. The van der Waals surface area contributed by atoms with Gasteiger partial charge in [-0.05, 0) is 49.2 Å². The summed E-state index contributed by atoms with van der Waals surface area (Å²) in [6.07, 6.45) is 0. The molecule has 0 bridgehead atoms. The molecule has 160 valence electrons. The molecule has 2 aromatic rings. The van der Waals surface area contributed by atoms with Gasteiger partial charge < -0.3 is 15.1 Å². The van der Waals surface area contributed by atoms with E-state index in [-0.39, 0.29) is 28.9 Å². The van der Waals surface area contributed by atoms with Crippen LogP contribution in [-0.2, 0) is 16.6 Å². The zero-order valence-electron chi connectivity index (χ0n) is 16.7. The van der Waals surface area contributed by atoms with Crippen LogP contribution in [0.4, 0.5) is 5.00 Å². The average Bonchev–Trinajstić information content (AvgIpc) is 3.26. The monoisotopic (exact) mass is 549 g/mol. The third-order valence-corrected chi connectivity index (χ3v) is 7.00. The van der Waals surface area contributed by atoms with Gasteiger partial charge in [0.2, 0.25) is 10.0 Å². The Morgan fingerprint density at radius 3 is 2.38 bits per heavy atom. The molecular weight excluding hydrogens is 521 g/mol. The largest absolute Gasteiger partial charge is 0.360 e. The van der Waals surface area contributed by atoms with E-state index in [0.717, 1.165) is 44.2 Å². The van der Waals surface area contributed by atoms with Gasteiger partial charge in [0.1, 0.15) is 0 Å². The van der Waals surface area contributed by atoms with Gasteiger partial charge in [-0.1, -0.05) is 12.1 Å². The van der Waals surface area contributed by atoms with Gasteiger partial charge in [0.05, 0.1) is 16.4 Å². The lowest BCUT2D eigenvalue weighted by Gasteiger charge is -2.37. The van der Waals surface area contributed by atoms with E-state index in [1.54, 1.807) is 23.5 Å². The van der Waals surface area contributed by atoms with Crippen molar-refractivity contribution in [3.05, 3.63) is 47.3 Å². The highest BCUT2D eigenvalue weighted by molar-refractivity contribution is 14.0. The van der Waals surface area contributed by atoms with Gasteiger partial charge in [-0.3, -0.25) is 0 Å². The number of hydrogen-bond donors (Lipinski definition) is 2. The summed E-state index contributed by atoms with van der Waals surface area (Å²) in [6, 6.07) is 11.1. The minimum atomic E-state index is -3.41. The predicted octanol–water partition coefficient (Wildman–Crippen LogP) is 2.56. The van der Waals surface area contributed by atoms with Crippen LogP contribution in [0.25, 0.3) is 0 Å². The molecule has 0 aliphatic carbocycles. The zero-order valence-corrected chi connectivity index (χ0v) is 20.6. The Labute approximate surface area is 194 Å². The smallest absolute Gasteiger partial charge is 0.240 e. The first-order valence-electron chi connectivity index (χ1n) is 9.37. The van der Waals surface area contributed by atoms with Crippen LogP contribution in [0.15, 0.2) is 51.7 Å². The molecule has 0 atom stereocenters. The molecule has 7 nitrogen and oxygen atoms in total. The minimum Gasteiger partial charge on any atom is -0.360 e. The average molecular weight is 550 g/mol. The Morgan fingerprint density at radius 1 is 1.14 bits per heavy atom. The van der Waals surface area contributed by atoms with Crippen molar-refractivity contribution < 1.29 is 8.42 Å². The number of halogens is 1. The maximum Gasteiger partial charge on any atom is 0.240 e. The highest BCUT2D eigenvalue weighted by Crippen LogP contribution is 2.22. The van der Waals surface area contributed by atoms with Gasteiger partial charge in [-0.15, -0.1) is 35.3 Å². The summed E-state index contributed by atoms with van der Waals surface area (Å²) in [4.78, 5) is 9.71. The van der Waals surface area contributed by atoms with Crippen molar-refractivity contribution in [2.24, 2.45) is 4.99 Å². The second-order valence-electron chi connectivity index (χ2n) is 6.45. The molecule has 29 heavy (non-hydrogen) atoms. The van der Waals surface area contributed by atoms with Crippen LogP contribution >= 0.6 is 35.3 Å². The second kappa shape index (κ2) is 11.1. The van der Waals surface area contributed by atoms with Crippen LogP contribution in [-0.4, -0.2) is 59.0 Å². The van der Waals surface area contributed by atoms with Crippen molar-refractivity contribution >= 4 is 56.3 Å². The fourth-order valence-corrected chi connectivity index (χ4v) is 4.59. The van der Waals surface area contributed by atoms with E-state index < -0.39 is 10.0 Å². The molecule has 0 radical (unpaired) electrons. The highest BCUT2D eigenvalue weighted by Gasteiger charge is 2.20. The number of nitrogens with one attached hydrogen (secondary N) is 2. The molecule has 2 heterocycles. The molecule has 1 aromatic carbocycles. The quantitative estimate of drug-likeness (QED) is 0.329. The molecule has 0 saturated carbocycles. The fourth-order valence-electron chi connectivity index (χ4n) is 3.07. The van der Waals surface area contributed by atoms with Crippen molar-refractivity contribution in [2.45, 2.75) is 18.4 Å². The topological polar surface area (TPSA) is 77.0 Å². The van der Waals surface area contributed by atoms with E-state index in [0.29, 0.717) is 6.54 Å². The number of guanidine groups is 1. The molecule has 2 N–H and O–H groups in total. The molecule has 1 aromatic heterocycles. The van der Waals surface area contributed by atoms with Crippen LogP contribution in [0.2, 0.25) is 0 Å². The van der Waals surface area contributed by atoms with Crippen LogP contribution in [0.3, 0.4) is 0 Å².